The molecule has 0 radical (unpaired) electrons. The summed E-state index contributed by atoms with van der Waals surface area (Å²) in [4.78, 5) is 23.0. The molecule has 8 heteroatoms. The maximum absolute atomic E-state index is 12.1. The Morgan fingerprint density at radius 3 is 2.82 bits per heavy atom. The highest BCUT2D eigenvalue weighted by Gasteiger charge is 2.17. The first kappa shape index (κ1) is 15.7. The molecule has 1 amide bonds. The molecule has 0 spiro atoms. The van der Waals surface area contributed by atoms with Gasteiger partial charge in [0.05, 0.1) is 11.8 Å². The van der Waals surface area contributed by atoms with Crippen molar-refractivity contribution in [3.05, 3.63) is 29.7 Å². The Balaban J connectivity index is 2.09. The van der Waals surface area contributed by atoms with Crippen LogP contribution in [-0.2, 0) is 11.3 Å². The highest BCUT2D eigenvalue weighted by atomic mass is 16.4. The second-order valence-corrected chi connectivity index (χ2v) is 5.07. The predicted octanol–water partition coefficient (Wildman–Crippen LogP) is 1.70. The molecule has 0 bridgehead atoms. The number of anilines is 1. The summed E-state index contributed by atoms with van der Waals surface area (Å²) in [5.74, 6) is -0.913. The quantitative estimate of drug-likeness (QED) is 0.845. The number of carboxylic acid groups (broad SMARTS) is 1. The van der Waals surface area contributed by atoms with Gasteiger partial charge in [-0.15, -0.1) is 0 Å². The van der Waals surface area contributed by atoms with Gasteiger partial charge in [-0.05, 0) is 20.3 Å². The van der Waals surface area contributed by atoms with Crippen molar-refractivity contribution in [3.8, 4) is 0 Å². The lowest BCUT2D eigenvalue weighted by molar-refractivity contribution is -0.140. The number of carbonyl (C=O) groups excluding carboxylic acids is 1. The van der Waals surface area contributed by atoms with Crippen LogP contribution in [0.15, 0.2) is 18.5 Å². The summed E-state index contributed by atoms with van der Waals surface area (Å²) < 4.78 is 3.06. The van der Waals surface area contributed by atoms with E-state index in [4.69, 9.17) is 5.11 Å². The molecule has 8 nitrogen and oxygen atoms in total. The third-order valence-electron chi connectivity index (χ3n) is 3.28. The lowest BCUT2D eigenvalue weighted by Gasteiger charge is -2.05. The van der Waals surface area contributed by atoms with Gasteiger partial charge in [0.25, 0.3) is 5.91 Å². The average molecular weight is 305 g/mol. The number of nitrogens with zero attached hydrogens (tertiary/aromatic N) is 4. The molecule has 0 aliphatic heterocycles. The summed E-state index contributed by atoms with van der Waals surface area (Å²) in [6, 6.07) is 0.963. The zero-order valence-corrected chi connectivity index (χ0v) is 12.8. The van der Waals surface area contributed by atoms with E-state index in [1.165, 1.54) is 24.0 Å². The van der Waals surface area contributed by atoms with Crippen LogP contribution in [0, 0.1) is 6.92 Å². The molecule has 118 valence electrons. The van der Waals surface area contributed by atoms with Crippen LogP contribution in [0.3, 0.4) is 0 Å². The molecular formula is C14H19N5O3. The molecule has 22 heavy (non-hydrogen) atoms. The van der Waals surface area contributed by atoms with E-state index in [2.05, 4.69) is 22.4 Å². The number of carboxylic acids is 1. The summed E-state index contributed by atoms with van der Waals surface area (Å²) in [6.07, 6.45) is 3.70. The normalized spacial score (nSPS) is 12.1. The molecular weight excluding hydrogens is 286 g/mol. The standard InChI is InChI=1S/C14H19N5O3/c1-4-5-18-9(2)6-12(17-18)16-13(20)11-7-15-19(8-11)10(3)14(21)22/h6-8,10H,4-5H2,1-3H3,(H,21,22)(H,16,17,20). The number of aliphatic carboxylic acids is 1. The Bertz CT molecular complexity index is 688. The maximum Gasteiger partial charge on any atom is 0.328 e. The van der Waals surface area contributed by atoms with Gasteiger partial charge < -0.3 is 10.4 Å². The molecule has 2 aromatic heterocycles. The maximum atomic E-state index is 12.1. The van der Waals surface area contributed by atoms with Crippen molar-refractivity contribution in [2.75, 3.05) is 5.32 Å². The van der Waals surface area contributed by atoms with Crippen LogP contribution < -0.4 is 5.32 Å². The Kier molecular flexibility index (Phi) is 4.59. The Hall–Kier alpha value is -2.64. The number of hydrogen-bond acceptors (Lipinski definition) is 4. The number of hydrogen-bond donors (Lipinski definition) is 2. The predicted molar refractivity (Wildman–Crippen MR) is 79.8 cm³/mol. The highest BCUT2D eigenvalue weighted by Crippen LogP contribution is 2.12. The SMILES string of the molecule is CCCn1nc(NC(=O)c2cnn(C(C)C(=O)O)c2)cc1C. The van der Waals surface area contributed by atoms with Gasteiger partial charge >= 0.3 is 5.97 Å². The van der Waals surface area contributed by atoms with Gasteiger partial charge in [0.15, 0.2) is 5.82 Å². The van der Waals surface area contributed by atoms with Crippen molar-refractivity contribution >= 4 is 17.7 Å². The minimum atomic E-state index is -1.01. The lowest BCUT2D eigenvalue weighted by atomic mass is 10.3. The topological polar surface area (TPSA) is 102 Å². The molecule has 0 saturated heterocycles. The first-order valence-corrected chi connectivity index (χ1v) is 7.05. The summed E-state index contributed by atoms with van der Waals surface area (Å²) in [7, 11) is 0. The molecule has 0 saturated carbocycles. The lowest BCUT2D eigenvalue weighted by Crippen LogP contribution is -2.16. The summed E-state index contributed by atoms with van der Waals surface area (Å²) in [6.45, 7) is 6.25. The van der Waals surface area contributed by atoms with Gasteiger partial charge in [-0.1, -0.05) is 6.92 Å². The number of aromatic nitrogens is 4. The van der Waals surface area contributed by atoms with Gasteiger partial charge in [0.1, 0.15) is 6.04 Å². The first-order valence-electron chi connectivity index (χ1n) is 7.05. The summed E-state index contributed by atoms with van der Waals surface area (Å²) in [5, 5.41) is 19.8. The fourth-order valence-electron chi connectivity index (χ4n) is 1.98. The molecule has 2 rings (SSSR count). The third-order valence-corrected chi connectivity index (χ3v) is 3.28. The molecule has 2 aromatic rings. The average Bonchev–Trinajstić information content (AvgIpc) is 3.06. The molecule has 0 fully saturated rings. The van der Waals surface area contributed by atoms with E-state index < -0.39 is 12.0 Å². The number of carbonyl (C=O) groups is 2. The Morgan fingerprint density at radius 1 is 1.45 bits per heavy atom. The van der Waals surface area contributed by atoms with Crippen molar-refractivity contribution < 1.29 is 14.7 Å². The van der Waals surface area contributed by atoms with E-state index >= 15 is 0 Å². The number of rotatable bonds is 6. The van der Waals surface area contributed by atoms with E-state index in [9.17, 15) is 9.59 Å². The first-order chi connectivity index (χ1) is 10.4. The van der Waals surface area contributed by atoms with Crippen molar-refractivity contribution in [1.29, 1.82) is 0 Å². The van der Waals surface area contributed by atoms with Crippen LogP contribution in [0.4, 0.5) is 5.82 Å². The van der Waals surface area contributed by atoms with Crippen LogP contribution in [0.25, 0.3) is 0 Å². The monoisotopic (exact) mass is 305 g/mol. The van der Waals surface area contributed by atoms with Gasteiger partial charge in [0.2, 0.25) is 0 Å². The van der Waals surface area contributed by atoms with Crippen LogP contribution in [-0.4, -0.2) is 36.5 Å². The summed E-state index contributed by atoms with van der Waals surface area (Å²) in [5.41, 5.74) is 1.25. The molecule has 1 atom stereocenters. The van der Waals surface area contributed by atoms with Crippen molar-refractivity contribution in [2.24, 2.45) is 0 Å². The number of amides is 1. The Labute approximate surface area is 127 Å². The second-order valence-electron chi connectivity index (χ2n) is 5.07. The van der Waals surface area contributed by atoms with E-state index in [-0.39, 0.29) is 11.5 Å². The zero-order chi connectivity index (χ0) is 16.3. The van der Waals surface area contributed by atoms with Crippen molar-refractivity contribution in [2.45, 2.75) is 39.8 Å². The smallest absolute Gasteiger partial charge is 0.328 e. The Morgan fingerprint density at radius 2 is 2.18 bits per heavy atom. The van der Waals surface area contributed by atoms with E-state index in [0.717, 1.165) is 18.7 Å². The van der Waals surface area contributed by atoms with Crippen LogP contribution in [0.1, 0.15) is 42.4 Å². The van der Waals surface area contributed by atoms with Crippen molar-refractivity contribution in [3.63, 3.8) is 0 Å². The number of aryl methyl sites for hydroxylation is 2. The fraction of sp³-hybridized carbons (Fsp3) is 0.429. The molecule has 0 aliphatic rings. The minimum Gasteiger partial charge on any atom is -0.480 e. The largest absolute Gasteiger partial charge is 0.480 e. The van der Waals surface area contributed by atoms with Gasteiger partial charge in [-0.2, -0.15) is 10.2 Å². The van der Waals surface area contributed by atoms with E-state index in [1.807, 2.05) is 11.6 Å². The van der Waals surface area contributed by atoms with Crippen LogP contribution in [0.2, 0.25) is 0 Å². The molecule has 0 aromatic carbocycles. The molecule has 0 aliphatic carbocycles. The van der Waals surface area contributed by atoms with Crippen LogP contribution in [0.5, 0.6) is 0 Å². The number of nitrogens with one attached hydrogen (secondary N) is 1. The minimum absolute atomic E-state index is 0.288. The van der Waals surface area contributed by atoms with Gasteiger partial charge in [-0.3, -0.25) is 14.2 Å². The molecule has 2 heterocycles. The van der Waals surface area contributed by atoms with Crippen LogP contribution >= 0.6 is 0 Å². The fourth-order valence-corrected chi connectivity index (χ4v) is 1.98. The van der Waals surface area contributed by atoms with E-state index in [1.54, 1.807) is 6.07 Å². The van der Waals surface area contributed by atoms with Gasteiger partial charge in [0, 0.05) is 24.5 Å². The van der Waals surface area contributed by atoms with Gasteiger partial charge in [-0.25, -0.2) is 4.79 Å². The zero-order valence-electron chi connectivity index (χ0n) is 12.8. The third kappa shape index (κ3) is 3.33. The second kappa shape index (κ2) is 6.42. The summed E-state index contributed by atoms with van der Waals surface area (Å²) >= 11 is 0. The highest BCUT2D eigenvalue weighted by molar-refractivity contribution is 6.03. The molecule has 2 N–H and O–H groups in total. The van der Waals surface area contributed by atoms with Crippen molar-refractivity contribution in [1.82, 2.24) is 19.6 Å². The molecule has 1 unspecified atom stereocenters. The van der Waals surface area contributed by atoms with E-state index in [0.29, 0.717) is 5.82 Å².